The minimum atomic E-state index is -2.34. The number of carbonyl (C=O) groups excluding carboxylic acids is 1. The number of aryl methyl sites for hydroxylation is 1. The number of para-hydroxylation sites is 2. The van der Waals surface area contributed by atoms with Gasteiger partial charge in [-0.25, -0.2) is 0 Å². The summed E-state index contributed by atoms with van der Waals surface area (Å²) in [5.41, 5.74) is 3.27. The molecule has 0 radical (unpaired) electrons. The number of rotatable bonds is 9. The van der Waals surface area contributed by atoms with Gasteiger partial charge in [-0.15, -0.1) is 0 Å². The Morgan fingerprint density at radius 3 is 2.42 bits per heavy atom. The number of benzene rings is 3. The highest BCUT2D eigenvalue weighted by molar-refractivity contribution is 6.63. The molecule has 1 aliphatic heterocycles. The molecule has 1 heterocycles. The maximum atomic E-state index is 13.4. The van der Waals surface area contributed by atoms with Crippen molar-refractivity contribution in [3.8, 4) is 11.5 Å². The van der Waals surface area contributed by atoms with Crippen LogP contribution in [0.2, 0.25) is 0 Å². The van der Waals surface area contributed by atoms with Gasteiger partial charge in [0.2, 0.25) is 0 Å². The summed E-state index contributed by atoms with van der Waals surface area (Å²) >= 11 is 0. The van der Waals surface area contributed by atoms with Crippen LogP contribution in [0, 0.1) is 6.92 Å². The maximum Gasteiger partial charge on any atom is 0.433 e. The molecule has 0 spiro atoms. The van der Waals surface area contributed by atoms with Crippen molar-refractivity contribution in [2.24, 2.45) is 0 Å². The minimum absolute atomic E-state index is 0.0266. The van der Waals surface area contributed by atoms with Crippen LogP contribution in [0.25, 0.3) is 0 Å². The van der Waals surface area contributed by atoms with Gasteiger partial charge in [0.15, 0.2) is 0 Å². The van der Waals surface area contributed by atoms with Crippen molar-refractivity contribution in [2.75, 3.05) is 49.8 Å². The molecule has 0 aliphatic carbocycles. The normalized spacial score (nSPS) is 13.3. The van der Waals surface area contributed by atoms with Crippen LogP contribution in [0.1, 0.15) is 29.3 Å². The smallest absolute Gasteiger partial charge is 0.433 e. The van der Waals surface area contributed by atoms with E-state index in [4.69, 9.17) is 9.47 Å². The molecule has 4 rings (SSSR count). The van der Waals surface area contributed by atoms with Crippen LogP contribution in [0.15, 0.2) is 66.7 Å². The predicted molar refractivity (Wildman–Crippen MR) is 144 cm³/mol. The number of nitrogens with one attached hydrogen (secondary N) is 1. The molecule has 0 unspecified atom stereocenters. The first-order valence-electron chi connectivity index (χ1n) is 12.3. The number of nitrogens with zero attached hydrogens (tertiary/aromatic N) is 2. The maximum absolute atomic E-state index is 13.4. The van der Waals surface area contributed by atoms with Crippen molar-refractivity contribution < 1.29 is 18.7 Å². The van der Waals surface area contributed by atoms with Gasteiger partial charge in [-0.3, -0.25) is 4.79 Å². The van der Waals surface area contributed by atoms with Gasteiger partial charge in [0, 0.05) is 42.6 Å². The standard InChI is InChI=1S/C28H33N3O4Si/c1-4-19-35-23-12-10-22(11-13-23)29-36(33)24-14-9-21(2)25(20-24)28(32)31-17-15-30(16-18-31)26-7-5-6-8-27(26)34-3/h5-14,20,29H,4,15-19H2,1-3H3. The van der Waals surface area contributed by atoms with E-state index in [9.17, 15) is 9.26 Å². The van der Waals surface area contributed by atoms with Gasteiger partial charge in [-0.2, -0.15) is 0 Å². The third-order valence-corrected chi connectivity index (χ3v) is 7.66. The summed E-state index contributed by atoms with van der Waals surface area (Å²) in [4.78, 5) is 20.6. The number of piperazine rings is 1. The van der Waals surface area contributed by atoms with Crippen molar-refractivity contribution in [1.82, 2.24) is 4.90 Å². The summed E-state index contributed by atoms with van der Waals surface area (Å²) in [5, 5.41) is 0.632. The number of ether oxygens (including phenoxy) is 2. The topological polar surface area (TPSA) is 71.1 Å². The highest BCUT2D eigenvalue weighted by atomic mass is 28.3. The fourth-order valence-corrected chi connectivity index (χ4v) is 5.35. The zero-order valence-electron chi connectivity index (χ0n) is 21.1. The Morgan fingerprint density at radius 1 is 1.00 bits per heavy atom. The Kier molecular flexibility index (Phi) is 8.38. The van der Waals surface area contributed by atoms with Crippen LogP contribution in [0.3, 0.4) is 0 Å². The molecule has 0 saturated carbocycles. The van der Waals surface area contributed by atoms with Crippen molar-refractivity contribution in [3.05, 3.63) is 77.9 Å². The number of anilines is 2. The molecule has 1 amide bonds. The molecule has 36 heavy (non-hydrogen) atoms. The lowest BCUT2D eigenvalue weighted by Crippen LogP contribution is -2.49. The second-order valence-corrected chi connectivity index (χ2v) is 10.3. The minimum Gasteiger partial charge on any atom is -0.495 e. The summed E-state index contributed by atoms with van der Waals surface area (Å²) in [7, 11) is -0.663. The van der Waals surface area contributed by atoms with Gasteiger partial charge in [-0.1, -0.05) is 31.2 Å². The van der Waals surface area contributed by atoms with Crippen LogP contribution in [0.4, 0.5) is 11.4 Å². The molecule has 3 aromatic rings. The molecule has 7 nitrogen and oxygen atoms in total. The molecule has 3 aromatic carbocycles. The molecule has 188 valence electrons. The van der Waals surface area contributed by atoms with E-state index in [1.54, 1.807) is 13.2 Å². The van der Waals surface area contributed by atoms with Gasteiger partial charge >= 0.3 is 8.84 Å². The lowest BCUT2D eigenvalue weighted by atomic mass is 10.1. The molecule has 1 N–H and O–H groups in total. The average molecular weight is 504 g/mol. The number of hydrogen-bond acceptors (Lipinski definition) is 5. The molecule has 1 saturated heterocycles. The summed E-state index contributed by atoms with van der Waals surface area (Å²) in [5.74, 6) is 1.60. The molecule has 1 aliphatic rings. The Morgan fingerprint density at radius 2 is 1.72 bits per heavy atom. The van der Waals surface area contributed by atoms with Gasteiger partial charge in [0.05, 0.1) is 19.4 Å². The third-order valence-electron chi connectivity index (χ3n) is 6.31. The van der Waals surface area contributed by atoms with Crippen molar-refractivity contribution in [1.29, 1.82) is 0 Å². The van der Waals surface area contributed by atoms with Crippen LogP contribution in [0.5, 0.6) is 11.5 Å². The van der Waals surface area contributed by atoms with E-state index in [0.29, 0.717) is 30.4 Å². The van der Waals surface area contributed by atoms with Crippen LogP contribution >= 0.6 is 0 Å². The number of hydrogen-bond donors (Lipinski definition) is 1. The van der Waals surface area contributed by atoms with Crippen LogP contribution < -0.4 is 24.5 Å². The molecular formula is C28H33N3O4Si. The molecule has 8 heteroatoms. The number of amides is 1. The van der Waals surface area contributed by atoms with E-state index in [1.807, 2.05) is 72.5 Å². The molecule has 1 fully saturated rings. The second kappa shape index (κ2) is 11.9. The highest BCUT2D eigenvalue weighted by Gasteiger charge is 2.25. The zero-order valence-corrected chi connectivity index (χ0v) is 22.1. The number of carbonyl (C=O) groups is 1. The van der Waals surface area contributed by atoms with Gasteiger partial charge in [0.25, 0.3) is 5.91 Å². The monoisotopic (exact) mass is 503 g/mol. The summed E-state index contributed by atoms with van der Waals surface area (Å²) < 4.78 is 24.2. The third kappa shape index (κ3) is 5.94. The Labute approximate surface area is 214 Å². The van der Waals surface area contributed by atoms with E-state index >= 15 is 0 Å². The van der Waals surface area contributed by atoms with Gasteiger partial charge in [-0.05, 0) is 61.4 Å². The highest BCUT2D eigenvalue weighted by Crippen LogP contribution is 2.28. The van der Waals surface area contributed by atoms with Crippen molar-refractivity contribution in [3.63, 3.8) is 0 Å². The lowest BCUT2D eigenvalue weighted by molar-refractivity contribution is 0.0746. The van der Waals surface area contributed by atoms with E-state index in [1.165, 1.54) is 0 Å². The predicted octanol–water partition coefficient (Wildman–Crippen LogP) is 3.99. The van der Waals surface area contributed by atoms with E-state index < -0.39 is 8.84 Å². The van der Waals surface area contributed by atoms with Crippen molar-refractivity contribution >= 4 is 31.3 Å². The fraction of sp³-hybridized carbons (Fsp3) is 0.321. The first kappa shape index (κ1) is 25.4. The van der Waals surface area contributed by atoms with E-state index in [2.05, 4.69) is 16.8 Å². The summed E-state index contributed by atoms with van der Waals surface area (Å²) in [6, 6.07) is 20.9. The SMILES string of the molecule is CCCOc1ccc(N[Si](=O)c2ccc(C)c(C(=O)N3CCN(c4ccccc4OC)CC3)c2)cc1. The Balaban J connectivity index is 1.41. The summed E-state index contributed by atoms with van der Waals surface area (Å²) in [6.07, 6.45) is 0.944. The number of methoxy groups -OCH3 is 1. The second-order valence-electron chi connectivity index (χ2n) is 8.81. The van der Waals surface area contributed by atoms with Gasteiger partial charge < -0.3 is 28.7 Å². The first-order chi connectivity index (χ1) is 17.5. The van der Waals surface area contributed by atoms with Crippen LogP contribution in [-0.2, 0) is 4.46 Å². The average Bonchev–Trinajstić information content (AvgIpc) is 2.92. The molecular weight excluding hydrogens is 470 g/mol. The zero-order chi connectivity index (χ0) is 25.5. The molecule has 0 bridgehead atoms. The Hall–Kier alpha value is -3.65. The van der Waals surface area contributed by atoms with Crippen molar-refractivity contribution in [2.45, 2.75) is 20.3 Å². The largest absolute Gasteiger partial charge is 0.495 e. The van der Waals surface area contributed by atoms with E-state index in [0.717, 1.165) is 47.9 Å². The Bertz CT molecular complexity index is 1210. The summed E-state index contributed by atoms with van der Waals surface area (Å²) in [6.45, 7) is 7.31. The van der Waals surface area contributed by atoms with Crippen LogP contribution in [-0.4, -0.2) is 59.5 Å². The first-order valence-corrected chi connectivity index (χ1v) is 13.7. The lowest BCUT2D eigenvalue weighted by Gasteiger charge is -2.36. The molecule has 0 aromatic heterocycles. The quantitative estimate of drug-likeness (QED) is 0.445. The molecule has 0 atom stereocenters. The van der Waals surface area contributed by atoms with Gasteiger partial charge in [0.1, 0.15) is 11.5 Å². The fourth-order valence-electron chi connectivity index (χ4n) is 4.26. The van der Waals surface area contributed by atoms with E-state index in [-0.39, 0.29) is 5.91 Å².